The molecular weight excluding hydrogens is 351 g/mol. The van der Waals surface area contributed by atoms with Gasteiger partial charge in [0.2, 0.25) is 5.75 Å². The van der Waals surface area contributed by atoms with Crippen LogP contribution in [0.4, 0.5) is 10.1 Å². The van der Waals surface area contributed by atoms with E-state index in [4.69, 9.17) is 4.74 Å². The summed E-state index contributed by atoms with van der Waals surface area (Å²) in [5.74, 6) is -1.37. The molecule has 0 bridgehead atoms. The molecule has 1 aliphatic carbocycles. The number of ether oxygens (including phenoxy) is 1. The summed E-state index contributed by atoms with van der Waals surface area (Å²) < 4.78 is 18.5. The first kappa shape index (κ1) is 18.8. The molecule has 0 radical (unpaired) electrons. The van der Waals surface area contributed by atoms with Crippen molar-refractivity contribution in [2.45, 2.75) is 38.6 Å². The molecule has 0 fully saturated rings. The minimum absolute atomic E-state index is 0.226. The van der Waals surface area contributed by atoms with Crippen LogP contribution in [0.15, 0.2) is 36.4 Å². The summed E-state index contributed by atoms with van der Waals surface area (Å²) in [5, 5.41) is 13.8. The number of benzene rings is 2. The van der Waals surface area contributed by atoms with Gasteiger partial charge in [-0.2, -0.15) is 0 Å². The van der Waals surface area contributed by atoms with E-state index in [0.29, 0.717) is 0 Å². The van der Waals surface area contributed by atoms with Crippen molar-refractivity contribution in [3.05, 3.63) is 69.0 Å². The van der Waals surface area contributed by atoms with Crippen LogP contribution in [0.2, 0.25) is 0 Å². The molecule has 0 saturated heterocycles. The van der Waals surface area contributed by atoms with Gasteiger partial charge in [-0.05, 0) is 55.4 Å². The predicted octanol–water partition coefficient (Wildman–Crippen LogP) is 3.87. The van der Waals surface area contributed by atoms with Crippen LogP contribution in [0.5, 0.6) is 5.75 Å². The minimum Gasteiger partial charge on any atom is -0.477 e. The highest BCUT2D eigenvalue weighted by atomic mass is 19.1. The van der Waals surface area contributed by atoms with Gasteiger partial charge in [0.15, 0.2) is 6.61 Å². The van der Waals surface area contributed by atoms with Crippen molar-refractivity contribution in [2.24, 2.45) is 0 Å². The van der Waals surface area contributed by atoms with Crippen molar-refractivity contribution in [1.29, 1.82) is 0 Å². The van der Waals surface area contributed by atoms with Gasteiger partial charge in [-0.15, -0.1) is 0 Å². The van der Waals surface area contributed by atoms with Crippen molar-refractivity contribution in [2.75, 3.05) is 6.61 Å². The summed E-state index contributed by atoms with van der Waals surface area (Å²) in [6, 6.07) is 8.90. The first-order chi connectivity index (χ1) is 12.9. The van der Waals surface area contributed by atoms with Crippen LogP contribution in [0.1, 0.15) is 42.5 Å². The van der Waals surface area contributed by atoms with Gasteiger partial charge in [0, 0.05) is 12.1 Å². The standard InChI is InChI=1S/C20H21FN2O4/c1-13(15-7-6-14-4-2-3-5-16(14)10-15)22-20(24)12-27-19-11-17(21)8-9-18(19)23(25)26/h6-11,13H,2-5,12H2,1H3,(H,22,24). The molecule has 1 N–H and O–H groups in total. The lowest BCUT2D eigenvalue weighted by Crippen LogP contribution is -2.31. The van der Waals surface area contributed by atoms with Crippen molar-refractivity contribution in [3.63, 3.8) is 0 Å². The molecule has 2 aromatic carbocycles. The first-order valence-corrected chi connectivity index (χ1v) is 8.92. The molecule has 0 heterocycles. The second-order valence-electron chi connectivity index (χ2n) is 6.68. The highest BCUT2D eigenvalue weighted by molar-refractivity contribution is 5.78. The summed E-state index contributed by atoms with van der Waals surface area (Å²) in [5.41, 5.74) is 3.31. The fourth-order valence-corrected chi connectivity index (χ4v) is 3.29. The number of hydrogen-bond acceptors (Lipinski definition) is 4. The Bertz CT molecular complexity index is 869. The Labute approximate surface area is 156 Å². The van der Waals surface area contributed by atoms with Gasteiger partial charge >= 0.3 is 5.69 Å². The number of rotatable bonds is 6. The van der Waals surface area contributed by atoms with Gasteiger partial charge in [-0.3, -0.25) is 14.9 Å². The van der Waals surface area contributed by atoms with E-state index in [0.717, 1.165) is 36.6 Å². The first-order valence-electron chi connectivity index (χ1n) is 8.92. The second kappa shape index (κ2) is 8.16. The zero-order valence-electron chi connectivity index (χ0n) is 15.0. The Morgan fingerprint density at radius 1 is 1.22 bits per heavy atom. The van der Waals surface area contributed by atoms with E-state index in [-0.39, 0.29) is 17.5 Å². The Balaban J connectivity index is 1.61. The normalized spacial score (nSPS) is 14.1. The summed E-state index contributed by atoms with van der Waals surface area (Å²) in [4.78, 5) is 22.4. The molecule has 142 valence electrons. The number of nitro benzene ring substituents is 1. The molecule has 2 aromatic rings. The third kappa shape index (κ3) is 4.61. The largest absolute Gasteiger partial charge is 0.477 e. The molecule has 1 atom stereocenters. The average molecular weight is 372 g/mol. The van der Waals surface area contributed by atoms with E-state index in [1.807, 2.05) is 13.0 Å². The number of nitro groups is 1. The van der Waals surface area contributed by atoms with E-state index >= 15 is 0 Å². The number of nitrogens with one attached hydrogen (secondary N) is 1. The lowest BCUT2D eigenvalue weighted by Gasteiger charge is -2.20. The Hall–Kier alpha value is -2.96. The number of fused-ring (bicyclic) bond motifs is 1. The number of amides is 1. The number of halogens is 1. The SMILES string of the molecule is CC(NC(=O)COc1cc(F)ccc1[N+](=O)[O-])c1ccc2c(c1)CCCC2. The lowest BCUT2D eigenvalue weighted by atomic mass is 9.89. The third-order valence-electron chi connectivity index (χ3n) is 4.73. The number of hydrogen-bond donors (Lipinski definition) is 1. The summed E-state index contributed by atoms with van der Waals surface area (Å²) in [6.45, 7) is 1.44. The van der Waals surface area contributed by atoms with Gasteiger partial charge < -0.3 is 10.1 Å². The molecule has 0 spiro atoms. The van der Waals surface area contributed by atoms with E-state index < -0.39 is 23.3 Å². The zero-order valence-corrected chi connectivity index (χ0v) is 15.0. The molecule has 3 rings (SSSR count). The van der Waals surface area contributed by atoms with Crippen molar-refractivity contribution < 1.29 is 18.8 Å². The molecule has 1 aliphatic rings. The van der Waals surface area contributed by atoms with Gasteiger partial charge in [0.05, 0.1) is 11.0 Å². The number of nitrogens with zero attached hydrogens (tertiary/aromatic N) is 1. The Morgan fingerprint density at radius 3 is 2.70 bits per heavy atom. The van der Waals surface area contributed by atoms with Crippen LogP contribution in [0, 0.1) is 15.9 Å². The van der Waals surface area contributed by atoms with Crippen LogP contribution in [0.25, 0.3) is 0 Å². The van der Waals surface area contributed by atoms with Crippen LogP contribution in [0.3, 0.4) is 0 Å². The molecule has 1 unspecified atom stereocenters. The van der Waals surface area contributed by atoms with Crippen LogP contribution in [-0.4, -0.2) is 17.4 Å². The summed E-state index contributed by atoms with van der Waals surface area (Å²) in [6.07, 6.45) is 4.53. The van der Waals surface area contributed by atoms with Crippen LogP contribution < -0.4 is 10.1 Å². The highest BCUT2D eigenvalue weighted by Gasteiger charge is 2.18. The highest BCUT2D eigenvalue weighted by Crippen LogP contribution is 2.27. The topological polar surface area (TPSA) is 81.5 Å². The maximum atomic E-state index is 13.3. The predicted molar refractivity (Wildman–Crippen MR) is 98.2 cm³/mol. The van der Waals surface area contributed by atoms with Crippen LogP contribution in [-0.2, 0) is 17.6 Å². The van der Waals surface area contributed by atoms with Crippen molar-refractivity contribution >= 4 is 11.6 Å². The molecule has 6 nitrogen and oxygen atoms in total. The van der Waals surface area contributed by atoms with Gasteiger partial charge in [0.1, 0.15) is 5.82 Å². The quantitative estimate of drug-likeness (QED) is 0.616. The fourth-order valence-electron chi connectivity index (χ4n) is 3.29. The Morgan fingerprint density at radius 2 is 1.96 bits per heavy atom. The van der Waals surface area contributed by atoms with E-state index in [9.17, 15) is 19.3 Å². The van der Waals surface area contributed by atoms with E-state index in [1.54, 1.807) is 0 Å². The van der Waals surface area contributed by atoms with E-state index in [2.05, 4.69) is 17.4 Å². The molecule has 0 aromatic heterocycles. The van der Waals surface area contributed by atoms with Crippen molar-refractivity contribution in [1.82, 2.24) is 5.32 Å². The van der Waals surface area contributed by atoms with Crippen LogP contribution >= 0.6 is 0 Å². The zero-order chi connectivity index (χ0) is 19.4. The smallest absolute Gasteiger partial charge is 0.311 e. The molecule has 0 saturated carbocycles. The van der Waals surface area contributed by atoms with Gasteiger partial charge in [0.25, 0.3) is 5.91 Å². The molecular formula is C20H21FN2O4. The van der Waals surface area contributed by atoms with Gasteiger partial charge in [-0.25, -0.2) is 4.39 Å². The maximum Gasteiger partial charge on any atom is 0.311 e. The average Bonchev–Trinajstić information content (AvgIpc) is 2.65. The minimum atomic E-state index is -0.678. The van der Waals surface area contributed by atoms with E-state index in [1.165, 1.54) is 24.0 Å². The third-order valence-corrected chi connectivity index (χ3v) is 4.73. The molecule has 1 amide bonds. The number of carbonyl (C=O) groups excluding carboxylic acids is 1. The van der Waals surface area contributed by atoms with Crippen molar-refractivity contribution in [3.8, 4) is 5.75 Å². The summed E-state index contributed by atoms with van der Waals surface area (Å²) >= 11 is 0. The second-order valence-corrected chi connectivity index (χ2v) is 6.68. The maximum absolute atomic E-state index is 13.3. The summed E-state index contributed by atoms with van der Waals surface area (Å²) in [7, 11) is 0. The monoisotopic (exact) mass is 372 g/mol. The van der Waals surface area contributed by atoms with Gasteiger partial charge in [-0.1, -0.05) is 18.2 Å². The number of aryl methyl sites for hydroxylation is 2. The molecule has 0 aliphatic heterocycles. The molecule has 7 heteroatoms. The Kier molecular flexibility index (Phi) is 5.69. The number of carbonyl (C=O) groups is 1. The fraction of sp³-hybridized carbons (Fsp3) is 0.350. The molecule has 27 heavy (non-hydrogen) atoms. The lowest BCUT2D eigenvalue weighted by molar-refractivity contribution is -0.385.